The predicted molar refractivity (Wildman–Crippen MR) is 89.6 cm³/mol. The predicted octanol–water partition coefficient (Wildman–Crippen LogP) is 1.40. The maximum Gasteiger partial charge on any atom is 0.433 e. The van der Waals surface area contributed by atoms with Crippen LogP contribution in [0.3, 0.4) is 0 Å². The number of aromatic nitrogens is 2. The van der Waals surface area contributed by atoms with Crippen LogP contribution < -0.4 is 9.80 Å². The van der Waals surface area contributed by atoms with Gasteiger partial charge in [-0.3, -0.25) is 4.79 Å². The third-order valence-corrected chi connectivity index (χ3v) is 5.82. The summed E-state index contributed by atoms with van der Waals surface area (Å²) in [5, 5.41) is 18.4. The van der Waals surface area contributed by atoms with Gasteiger partial charge in [-0.15, -0.1) is 0 Å². The summed E-state index contributed by atoms with van der Waals surface area (Å²) in [6.07, 6.45) is -4.90. The molecule has 1 unspecified atom stereocenters. The minimum atomic E-state index is -4.59. The van der Waals surface area contributed by atoms with Crippen molar-refractivity contribution in [3.63, 3.8) is 0 Å². The molecule has 2 N–H and O–H groups in total. The van der Waals surface area contributed by atoms with Crippen LogP contribution in [0.2, 0.25) is 0 Å². The number of carboxylic acids is 1. The summed E-state index contributed by atoms with van der Waals surface area (Å²) in [5.41, 5.74) is -0.850. The van der Waals surface area contributed by atoms with E-state index in [0.29, 0.717) is 13.1 Å². The number of aliphatic hydroxyl groups is 1. The molecule has 10 heteroatoms. The van der Waals surface area contributed by atoms with Crippen LogP contribution in [0.25, 0.3) is 0 Å². The highest BCUT2D eigenvalue weighted by Gasteiger charge is 2.56. The highest BCUT2D eigenvalue weighted by atomic mass is 19.4. The standard InChI is InChI=1S/C17H21F3N4O3/c1-2-9-14(17(18,19)20)21-16(24-4-8(25)5-24)22-15(9)23-6-11-10(3-13(26)27)12(11)7-23/h8,10-12,25H,2-7H2,1H3,(H,26,27)/t10?,11-,12+. The number of hydrogen-bond donors (Lipinski definition) is 2. The molecular weight excluding hydrogens is 365 g/mol. The topological polar surface area (TPSA) is 89.8 Å². The summed E-state index contributed by atoms with van der Waals surface area (Å²) < 4.78 is 40.8. The zero-order chi connectivity index (χ0) is 19.5. The van der Waals surface area contributed by atoms with Crippen LogP contribution in [0.5, 0.6) is 0 Å². The Morgan fingerprint density at radius 1 is 1.15 bits per heavy atom. The third kappa shape index (κ3) is 3.19. The van der Waals surface area contributed by atoms with E-state index in [2.05, 4.69) is 9.97 Å². The quantitative estimate of drug-likeness (QED) is 0.791. The molecule has 2 aliphatic heterocycles. The van der Waals surface area contributed by atoms with Gasteiger partial charge in [-0.25, -0.2) is 4.98 Å². The van der Waals surface area contributed by atoms with Crippen molar-refractivity contribution in [2.75, 3.05) is 36.0 Å². The van der Waals surface area contributed by atoms with Crippen molar-refractivity contribution in [1.82, 2.24) is 9.97 Å². The summed E-state index contributed by atoms with van der Waals surface area (Å²) in [5.74, 6) is -0.0540. The van der Waals surface area contributed by atoms with Gasteiger partial charge in [0.25, 0.3) is 0 Å². The molecule has 148 valence electrons. The number of rotatable bonds is 5. The van der Waals surface area contributed by atoms with E-state index >= 15 is 0 Å². The first-order valence-corrected chi connectivity index (χ1v) is 9.06. The molecule has 0 spiro atoms. The first kappa shape index (κ1) is 18.3. The van der Waals surface area contributed by atoms with Crippen LogP contribution in [0.15, 0.2) is 0 Å². The maximum absolute atomic E-state index is 13.6. The molecule has 0 radical (unpaired) electrons. The second-order valence-electron chi connectivity index (χ2n) is 7.58. The molecule has 3 atom stereocenters. The van der Waals surface area contributed by atoms with E-state index in [1.807, 2.05) is 4.90 Å². The van der Waals surface area contributed by atoms with Crippen LogP contribution in [0, 0.1) is 17.8 Å². The number of nitrogens with zero attached hydrogens (tertiary/aromatic N) is 4. The molecular formula is C17H21F3N4O3. The fourth-order valence-electron chi connectivity index (χ4n) is 4.37. The number of aliphatic hydroxyl groups excluding tert-OH is 1. The second kappa shape index (κ2) is 6.22. The zero-order valence-electron chi connectivity index (χ0n) is 14.8. The first-order valence-electron chi connectivity index (χ1n) is 9.06. The van der Waals surface area contributed by atoms with Crippen LogP contribution in [-0.4, -0.2) is 58.4 Å². The smallest absolute Gasteiger partial charge is 0.433 e. The largest absolute Gasteiger partial charge is 0.481 e. The van der Waals surface area contributed by atoms with Crippen molar-refractivity contribution < 1.29 is 28.2 Å². The fraction of sp³-hybridized carbons (Fsp3) is 0.706. The monoisotopic (exact) mass is 386 g/mol. The van der Waals surface area contributed by atoms with Crippen molar-refractivity contribution in [3.05, 3.63) is 11.3 Å². The SMILES string of the molecule is CCc1c(N2C[C@@H]3C(CC(=O)O)[C@@H]3C2)nc(N2CC(O)C2)nc1C(F)(F)F. The molecule has 0 aromatic carbocycles. The number of halogens is 3. The number of carbonyl (C=O) groups is 1. The molecule has 1 aromatic rings. The van der Waals surface area contributed by atoms with Gasteiger partial charge in [0.1, 0.15) is 5.82 Å². The van der Waals surface area contributed by atoms with Crippen molar-refractivity contribution in [3.8, 4) is 0 Å². The number of hydrogen-bond acceptors (Lipinski definition) is 6. The molecule has 1 saturated carbocycles. The average molecular weight is 386 g/mol. The highest BCUT2D eigenvalue weighted by molar-refractivity contribution is 5.68. The summed E-state index contributed by atoms with van der Waals surface area (Å²) >= 11 is 0. The Hall–Kier alpha value is -2.10. The van der Waals surface area contributed by atoms with Gasteiger partial charge in [0.05, 0.1) is 6.10 Å². The van der Waals surface area contributed by atoms with E-state index in [-0.39, 0.29) is 61.0 Å². The molecule has 4 rings (SSSR count). The van der Waals surface area contributed by atoms with Crippen molar-refractivity contribution in [2.45, 2.75) is 32.0 Å². The van der Waals surface area contributed by atoms with Gasteiger partial charge in [-0.05, 0) is 24.2 Å². The normalized spacial score (nSPS) is 27.5. The van der Waals surface area contributed by atoms with Crippen LogP contribution in [0.1, 0.15) is 24.6 Å². The van der Waals surface area contributed by atoms with Crippen molar-refractivity contribution in [1.29, 1.82) is 0 Å². The molecule has 2 saturated heterocycles. The minimum Gasteiger partial charge on any atom is -0.481 e. The van der Waals surface area contributed by atoms with Crippen LogP contribution >= 0.6 is 0 Å². The maximum atomic E-state index is 13.6. The number of fused-ring (bicyclic) bond motifs is 1. The van der Waals surface area contributed by atoms with Crippen LogP contribution in [-0.2, 0) is 17.4 Å². The van der Waals surface area contributed by atoms with Gasteiger partial charge in [-0.2, -0.15) is 18.2 Å². The molecule has 0 amide bonds. The Labute approximate surface area is 153 Å². The Morgan fingerprint density at radius 3 is 2.26 bits per heavy atom. The molecule has 7 nitrogen and oxygen atoms in total. The Bertz CT molecular complexity index is 755. The molecule has 1 aromatic heterocycles. The van der Waals surface area contributed by atoms with Gasteiger partial charge < -0.3 is 20.0 Å². The zero-order valence-corrected chi connectivity index (χ0v) is 14.8. The number of piperidine rings is 1. The van der Waals surface area contributed by atoms with Gasteiger partial charge in [0.2, 0.25) is 5.95 Å². The van der Waals surface area contributed by atoms with E-state index < -0.39 is 23.9 Å². The van der Waals surface area contributed by atoms with Gasteiger partial charge in [0.15, 0.2) is 5.69 Å². The van der Waals surface area contributed by atoms with Crippen molar-refractivity contribution >= 4 is 17.7 Å². The number of aliphatic carboxylic acids is 1. The van der Waals surface area contributed by atoms with E-state index in [0.717, 1.165) is 0 Å². The molecule has 27 heavy (non-hydrogen) atoms. The summed E-state index contributed by atoms with van der Waals surface area (Å²) in [7, 11) is 0. The Morgan fingerprint density at radius 2 is 1.78 bits per heavy atom. The van der Waals surface area contributed by atoms with E-state index in [1.165, 1.54) is 4.90 Å². The summed E-state index contributed by atoms with van der Waals surface area (Å²) in [4.78, 5) is 22.4. The number of carboxylic acid groups (broad SMARTS) is 1. The van der Waals surface area contributed by atoms with E-state index in [4.69, 9.17) is 5.11 Å². The number of anilines is 2. The lowest BCUT2D eigenvalue weighted by atomic mass is 10.1. The molecule has 3 heterocycles. The lowest BCUT2D eigenvalue weighted by molar-refractivity contribution is -0.142. The van der Waals surface area contributed by atoms with Crippen LogP contribution in [0.4, 0.5) is 24.9 Å². The highest BCUT2D eigenvalue weighted by Crippen LogP contribution is 2.54. The fourth-order valence-corrected chi connectivity index (χ4v) is 4.37. The van der Waals surface area contributed by atoms with Crippen molar-refractivity contribution in [2.24, 2.45) is 17.8 Å². The number of β-amino-alcohol motifs (C(OH)–C–C–N with tert-alkyl or cyclic N) is 1. The second-order valence-corrected chi connectivity index (χ2v) is 7.58. The Balaban J connectivity index is 1.64. The lowest BCUT2D eigenvalue weighted by Gasteiger charge is -2.37. The van der Waals surface area contributed by atoms with Gasteiger partial charge in [-0.1, -0.05) is 6.92 Å². The Kier molecular flexibility index (Phi) is 4.21. The molecule has 3 fully saturated rings. The van der Waals surface area contributed by atoms with Gasteiger partial charge in [0, 0.05) is 38.2 Å². The summed E-state index contributed by atoms with van der Waals surface area (Å²) in [6, 6.07) is 0. The lowest BCUT2D eigenvalue weighted by Crippen LogP contribution is -2.51. The molecule has 3 aliphatic rings. The minimum absolute atomic E-state index is 0.0116. The van der Waals surface area contributed by atoms with E-state index in [1.54, 1.807) is 6.92 Å². The average Bonchev–Trinajstić information content (AvgIpc) is 3.00. The third-order valence-electron chi connectivity index (χ3n) is 5.82. The summed E-state index contributed by atoms with van der Waals surface area (Å²) in [6.45, 7) is 3.12. The first-order chi connectivity index (χ1) is 12.7. The van der Waals surface area contributed by atoms with E-state index in [9.17, 15) is 23.1 Å². The number of alkyl halides is 3. The molecule has 0 bridgehead atoms. The molecule has 1 aliphatic carbocycles. The van der Waals surface area contributed by atoms with Gasteiger partial charge >= 0.3 is 12.1 Å².